The van der Waals surface area contributed by atoms with E-state index < -0.39 is 54.8 Å². The maximum absolute atomic E-state index is 13.5. The minimum atomic E-state index is -1.66. The molecule has 0 spiro atoms. The van der Waals surface area contributed by atoms with E-state index in [-0.39, 0.29) is 18.1 Å². The molecule has 1 aliphatic carbocycles. The first kappa shape index (κ1) is 29.9. The van der Waals surface area contributed by atoms with Crippen molar-refractivity contribution in [2.45, 2.75) is 70.9 Å². The summed E-state index contributed by atoms with van der Waals surface area (Å²) in [5, 5.41) is 50.6. The Kier molecular flexibility index (Phi) is 8.79. The number of benzene rings is 2. The molecule has 1 fully saturated rings. The Balaban J connectivity index is 1.53. The third-order valence-corrected chi connectivity index (χ3v) is 7.72. The number of rotatable bonds is 8. The lowest BCUT2D eigenvalue weighted by atomic mass is 9.86. The Bertz CT molecular complexity index is 1280. The van der Waals surface area contributed by atoms with Crippen LogP contribution in [0, 0.1) is 19.3 Å². The van der Waals surface area contributed by atoms with E-state index in [1.165, 1.54) is 18.2 Å². The molecule has 0 saturated carbocycles. The van der Waals surface area contributed by atoms with E-state index in [1.807, 2.05) is 19.9 Å². The molecule has 2 aromatic carbocycles. The Hall–Kier alpha value is -3.12. The van der Waals surface area contributed by atoms with Crippen LogP contribution < -0.4 is 0 Å². The zero-order valence-electron chi connectivity index (χ0n) is 22.9. The maximum Gasteiger partial charge on any atom is 0.331 e. The number of aromatic hydroxyl groups is 1. The summed E-state index contributed by atoms with van der Waals surface area (Å²) < 4.78 is 17.3. The standard InChI is InChI=1S/C30H36O10/c1-15-13-20-23(16(2)19(15)11-12-31)27(37)30(3,4)28(20)40-29-25(36)24(35)26(21(14-32)38-29)39-22(34)10-7-17-5-8-18(33)9-6-17/h5-10,13,21,24-26,28-29,31-33,35-36H,11-12,14H2,1-4H3/b10-7+/t21-,24-,25-,26-,28+,29+/m0/s1. The molecule has 0 aromatic heterocycles. The lowest BCUT2D eigenvalue weighted by Gasteiger charge is -2.43. The van der Waals surface area contributed by atoms with Gasteiger partial charge in [-0.15, -0.1) is 0 Å². The number of fused-ring (bicyclic) bond motifs is 1. The number of esters is 1. The summed E-state index contributed by atoms with van der Waals surface area (Å²) in [7, 11) is 0. The third-order valence-electron chi connectivity index (χ3n) is 7.72. The van der Waals surface area contributed by atoms with E-state index >= 15 is 0 Å². The molecule has 10 nitrogen and oxygen atoms in total. The molecular weight excluding hydrogens is 520 g/mol. The van der Waals surface area contributed by atoms with Gasteiger partial charge in [-0.25, -0.2) is 4.79 Å². The van der Waals surface area contributed by atoms with Gasteiger partial charge >= 0.3 is 5.97 Å². The van der Waals surface area contributed by atoms with Gasteiger partial charge in [-0.1, -0.05) is 18.2 Å². The second kappa shape index (κ2) is 11.8. The Morgan fingerprint density at radius 2 is 1.77 bits per heavy atom. The molecule has 0 unspecified atom stereocenters. The molecule has 0 radical (unpaired) electrons. The normalized spacial score (nSPS) is 27.6. The highest BCUT2D eigenvalue weighted by atomic mass is 16.7. The maximum atomic E-state index is 13.5. The molecule has 216 valence electrons. The van der Waals surface area contributed by atoms with Crippen LogP contribution >= 0.6 is 0 Å². The monoisotopic (exact) mass is 556 g/mol. The van der Waals surface area contributed by atoms with Crippen LogP contribution in [0.2, 0.25) is 0 Å². The van der Waals surface area contributed by atoms with Gasteiger partial charge in [0, 0.05) is 18.2 Å². The number of aliphatic hydroxyl groups excluding tert-OH is 4. The van der Waals surface area contributed by atoms with Crippen LogP contribution in [0.3, 0.4) is 0 Å². The first-order valence-corrected chi connectivity index (χ1v) is 13.1. The lowest BCUT2D eigenvalue weighted by molar-refractivity contribution is -0.318. The van der Waals surface area contributed by atoms with Crippen LogP contribution in [0.15, 0.2) is 36.4 Å². The molecule has 2 aromatic rings. The van der Waals surface area contributed by atoms with Gasteiger partial charge in [-0.3, -0.25) is 4.79 Å². The van der Waals surface area contributed by atoms with E-state index in [1.54, 1.807) is 26.0 Å². The number of phenolic OH excluding ortho intramolecular Hbond substituents is 1. The fourth-order valence-electron chi connectivity index (χ4n) is 5.50. The second-order valence-corrected chi connectivity index (χ2v) is 10.8. The molecule has 4 rings (SSSR count). The molecule has 2 aliphatic rings. The molecule has 1 saturated heterocycles. The van der Waals surface area contributed by atoms with Crippen molar-refractivity contribution >= 4 is 17.8 Å². The summed E-state index contributed by atoms with van der Waals surface area (Å²) in [5.41, 5.74) is 3.23. The van der Waals surface area contributed by atoms with E-state index in [9.17, 15) is 35.1 Å². The van der Waals surface area contributed by atoms with Gasteiger partial charge in [0.25, 0.3) is 0 Å². The summed E-state index contributed by atoms with van der Waals surface area (Å²) in [6.45, 7) is 6.47. The van der Waals surface area contributed by atoms with Gasteiger partial charge in [0.2, 0.25) is 0 Å². The zero-order valence-corrected chi connectivity index (χ0v) is 22.9. The number of aliphatic hydroxyl groups is 4. The molecule has 1 aliphatic heterocycles. The largest absolute Gasteiger partial charge is 0.508 e. The van der Waals surface area contributed by atoms with E-state index in [0.29, 0.717) is 23.1 Å². The Morgan fingerprint density at radius 1 is 1.10 bits per heavy atom. The van der Waals surface area contributed by atoms with Crippen molar-refractivity contribution in [1.82, 2.24) is 0 Å². The average molecular weight is 557 g/mol. The number of hydrogen-bond acceptors (Lipinski definition) is 10. The van der Waals surface area contributed by atoms with Crippen molar-refractivity contribution in [2.75, 3.05) is 13.2 Å². The number of aryl methyl sites for hydroxylation is 1. The third kappa shape index (κ3) is 5.56. The van der Waals surface area contributed by atoms with Crippen LogP contribution in [-0.2, 0) is 25.4 Å². The predicted molar refractivity (Wildman–Crippen MR) is 143 cm³/mol. The number of ether oxygens (including phenoxy) is 3. The zero-order chi connectivity index (χ0) is 29.4. The Morgan fingerprint density at radius 3 is 2.40 bits per heavy atom. The van der Waals surface area contributed by atoms with Crippen molar-refractivity contribution in [3.05, 3.63) is 69.8 Å². The topological polar surface area (TPSA) is 163 Å². The second-order valence-electron chi connectivity index (χ2n) is 10.8. The molecule has 5 N–H and O–H groups in total. The number of carbonyl (C=O) groups is 2. The van der Waals surface area contributed by atoms with Crippen molar-refractivity contribution in [1.29, 1.82) is 0 Å². The van der Waals surface area contributed by atoms with Crippen molar-refractivity contribution in [3.8, 4) is 5.75 Å². The van der Waals surface area contributed by atoms with Crippen molar-refractivity contribution in [2.24, 2.45) is 5.41 Å². The number of Topliss-reactive ketones (excluding diaryl/α,β-unsaturated/α-hetero) is 1. The molecule has 10 heteroatoms. The predicted octanol–water partition coefficient (Wildman–Crippen LogP) is 1.89. The molecule has 40 heavy (non-hydrogen) atoms. The van der Waals surface area contributed by atoms with Gasteiger partial charge in [-0.2, -0.15) is 0 Å². The highest BCUT2D eigenvalue weighted by Crippen LogP contribution is 2.50. The first-order valence-electron chi connectivity index (χ1n) is 13.1. The summed E-state index contributed by atoms with van der Waals surface area (Å²) >= 11 is 0. The molecule has 0 amide bonds. The number of hydrogen-bond donors (Lipinski definition) is 5. The Labute approximate surface area is 232 Å². The highest BCUT2D eigenvalue weighted by Gasteiger charge is 2.53. The van der Waals surface area contributed by atoms with Crippen LogP contribution in [0.25, 0.3) is 6.08 Å². The van der Waals surface area contributed by atoms with Gasteiger partial charge < -0.3 is 39.7 Å². The summed E-state index contributed by atoms with van der Waals surface area (Å²) in [5.74, 6) is -0.919. The lowest BCUT2D eigenvalue weighted by Crippen LogP contribution is -2.60. The highest BCUT2D eigenvalue weighted by molar-refractivity contribution is 6.06. The fourth-order valence-corrected chi connectivity index (χ4v) is 5.50. The van der Waals surface area contributed by atoms with E-state index in [0.717, 1.165) is 22.8 Å². The molecule has 1 heterocycles. The number of ketones is 1. The summed E-state index contributed by atoms with van der Waals surface area (Å²) in [4.78, 5) is 25.9. The summed E-state index contributed by atoms with van der Waals surface area (Å²) in [6.07, 6.45) is -5.24. The van der Waals surface area contributed by atoms with Crippen LogP contribution in [0.4, 0.5) is 0 Å². The molecular formula is C30H36O10. The average Bonchev–Trinajstić information content (AvgIpc) is 3.10. The number of phenols is 1. The van der Waals surface area contributed by atoms with Crippen LogP contribution in [0.1, 0.15) is 58.1 Å². The van der Waals surface area contributed by atoms with Gasteiger partial charge in [0.05, 0.1) is 18.1 Å². The first-order chi connectivity index (χ1) is 18.9. The minimum Gasteiger partial charge on any atom is -0.508 e. The van der Waals surface area contributed by atoms with Crippen LogP contribution in [0.5, 0.6) is 5.75 Å². The number of carbonyl (C=O) groups excluding carboxylic acids is 2. The van der Waals surface area contributed by atoms with E-state index in [2.05, 4.69) is 0 Å². The molecule has 6 atom stereocenters. The van der Waals surface area contributed by atoms with Gasteiger partial charge in [0.15, 0.2) is 18.2 Å². The van der Waals surface area contributed by atoms with Crippen LogP contribution in [-0.4, -0.2) is 81.2 Å². The molecule has 0 bridgehead atoms. The van der Waals surface area contributed by atoms with Crippen molar-refractivity contribution in [3.63, 3.8) is 0 Å². The van der Waals surface area contributed by atoms with Gasteiger partial charge in [0.1, 0.15) is 24.1 Å². The quantitative estimate of drug-likeness (QED) is 0.240. The summed E-state index contributed by atoms with van der Waals surface area (Å²) in [6, 6.07) is 7.92. The van der Waals surface area contributed by atoms with E-state index in [4.69, 9.17) is 14.2 Å². The van der Waals surface area contributed by atoms with Crippen molar-refractivity contribution < 1.29 is 49.3 Å². The SMILES string of the molecule is Cc1cc2c(c(C)c1CCO)C(=O)C(C)(C)[C@@H]2O[C@H]1O[C@@H](CO)[C@H](OC(=O)/C=C/c2ccc(O)cc2)[C@@H](O)[C@@H]1O. The smallest absolute Gasteiger partial charge is 0.331 e. The van der Waals surface area contributed by atoms with Gasteiger partial charge in [-0.05, 0) is 80.1 Å². The fraction of sp³-hybridized carbons (Fsp3) is 0.467. The minimum absolute atomic E-state index is 0.0567.